The molecule has 3 aromatic rings. The molecule has 146 valence electrons. The van der Waals surface area contributed by atoms with E-state index in [0.717, 1.165) is 17.4 Å². The number of nitrogens with zero attached hydrogens (tertiary/aromatic N) is 1. The van der Waals surface area contributed by atoms with Crippen LogP contribution in [0.5, 0.6) is 0 Å². The SMILES string of the molecule is CC(C)Cn1ccc2cc(NS(=O)(=O)c3cc4c(cc3Cl)NC(=O)C4)ccc21. The van der Waals surface area contributed by atoms with Gasteiger partial charge in [0.2, 0.25) is 5.91 Å². The van der Waals surface area contributed by atoms with Crippen LogP contribution < -0.4 is 10.0 Å². The summed E-state index contributed by atoms with van der Waals surface area (Å²) in [7, 11) is -3.89. The Kier molecular flexibility index (Phi) is 4.59. The molecule has 0 atom stereocenters. The Balaban J connectivity index is 1.65. The van der Waals surface area contributed by atoms with Crippen LogP contribution in [0.2, 0.25) is 5.02 Å². The second-order valence-corrected chi connectivity index (χ2v) is 9.46. The van der Waals surface area contributed by atoms with Crippen molar-refractivity contribution in [2.75, 3.05) is 10.0 Å². The van der Waals surface area contributed by atoms with E-state index in [2.05, 4.69) is 28.5 Å². The van der Waals surface area contributed by atoms with Crippen molar-refractivity contribution in [2.24, 2.45) is 5.92 Å². The number of amides is 1. The fraction of sp³-hybridized carbons (Fsp3) is 0.250. The smallest absolute Gasteiger partial charge is 0.263 e. The maximum atomic E-state index is 12.9. The number of sulfonamides is 1. The number of aromatic nitrogens is 1. The number of anilines is 2. The van der Waals surface area contributed by atoms with Gasteiger partial charge < -0.3 is 9.88 Å². The van der Waals surface area contributed by atoms with Crippen LogP contribution in [0.1, 0.15) is 19.4 Å². The third-order valence-corrected chi connectivity index (χ3v) is 6.50. The lowest BCUT2D eigenvalue weighted by molar-refractivity contribution is -0.115. The highest BCUT2D eigenvalue weighted by Crippen LogP contribution is 2.33. The highest BCUT2D eigenvalue weighted by molar-refractivity contribution is 7.92. The van der Waals surface area contributed by atoms with Gasteiger partial charge in [-0.3, -0.25) is 9.52 Å². The van der Waals surface area contributed by atoms with Gasteiger partial charge in [0.1, 0.15) is 4.90 Å². The van der Waals surface area contributed by atoms with E-state index in [4.69, 9.17) is 11.6 Å². The molecule has 28 heavy (non-hydrogen) atoms. The number of benzene rings is 2. The average Bonchev–Trinajstić information content (AvgIpc) is 3.15. The normalized spacial score (nSPS) is 13.8. The fourth-order valence-corrected chi connectivity index (χ4v) is 5.09. The summed E-state index contributed by atoms with van der Waals surface area (Å²) < 4.78 is 30.5. The lowest BCUT2D eigenvalue weighted by Crippen LogP contribution is -2.14. The number of carbonyl (C=O) groups is 1. The Morgan fingerprint density at radius 3 is 2.75 bits per heavy atom. The molecule has 1 aliphatic heterocycles. The molecule has 0 saturated heterocycles. The summed E-state index contributed by atoms with van der Waals surface area (Å²) >= 11 is 6.18. The number of rotatable bonds is 5. The first-order valence-corrected chi connectivity index (χ1v) is 10.8. The first-order valence-electron chi connectivity index (χ1n) is 8.97. The second kappa shape index (κ2) is 6.83. The van der Waals surface area contributed by atoms with Gasteiger partial charge in [-0.25, -0.2) is 8.42 Å². The van der Waals surface area contributed by atoms with E-state index in [1.165, 1.54) is 12.1 Å². The van der Waals surface area contributed by atoms with Crippen LogP contribution in [0.4, 0.5) is 11.4 Å². The maximum Gasteiger partial charge on any atom is 0.263 e. The number of nitrogens with one attached hydrogen (secondary N) is 2. The Labute approximate surface area is 168 Å². The van der Waals surface area contributed by atoms with Gasteiger partial charge in [0.15, 0.2) is 0 Å². The van der Waals surface area contributed by atoms with Crippen LogP contribution in [0.3, 0.4) is 0 Å². The van der Waals surface area contributed by atoms with Gasteiger partial charge in [0.05, 0.1) is 11.4 Å². The summed E-state index contributed by atoms with van der Waals surface area (Å²) in [4.78, 5) is 11.5. The van der Waals surface area contributed by atoms with Gasteiger partial charge in [-0.05, 0) is 47.9 Å². The number of carbonyl (C=O) groups excluding carboxylic acids is 1. The summed E-state index contributed by atoms with van der Waals surface area (Å²) in [5, 5.41) is 3.68. The summed E-state index contributed by atoms with van der Waals surface area (Å²) in [6.07, 6.45) is 2.15. The van der Waals surface area contributed by atoms with E-state index in [1.54, 1.807) is 12.1 Å². The molecular formula is C20H20ClN3O3S. The zero-order valence-electron chi connectivity index (χ0n) is 15.5. The number of halogens is 1. The van der Waals surface area contributed by atoms with Crippen molar-refractivity contribution in [3.63, 3.8) is 0 Å². The minimum Gasteiger partial charge on any atom is -0.347 e. The molecule has 0 unspecified atom stereocenters. The average molecular weight is 418 g/mol. The first kappa shape index (κ1) is 18.8. The fourth-order valence-electron chi connectivity index (χ4n) is 3.46. The molecule has 0 spiro atoms. The number of hydrogen-bond donors (Lipinski definition) is 2. The molecule has 0 radical (unpaired) electrons. The Bertz CT molecular complexity index is 1200. The highest BCUT2D eigenvalue weighted by Gasteiger charge is 2.25. The summed E-state index contributed by atoms with van der Waals surface area (Å²) in [6, 6.07) is 10.3. The zero-order valence-corrected chi connectivity index (χ0v) is 17.1. The molecule has 2 heterocycles. The predicted molar refractivity (Wildman–Crippen MR) is 111 cm³/mol. The molecule has 2 aromatic carbocycles. The minimum atomic E-state index is -3.89. The van der Waals surface area contributed by atoms with Gasteiger partial charge in [-0.15, -0.1) is 0 Å². The molecule has 0 fully saturated rings. The quantitative estimate of drug-likeness (QED) is 0.651. The largest absolute Gasteiger partial charge is 0.347 e. The lowest BCUT2D eigenvalue weighted by Gasteiger charge is -2.12. The molecule has 1 amide bonds. The van der Waals surface area contributed by atoms with Crippen molar-refractivity contribution in [3.05, 3.63) is 53.2 Å². The summed E-state index contributed by atoms with van der Waals surface area (Å²) in [5.74, 6) is 0.335. The Morgan fingerprint density at radius 2 is 2.00 bits per heavy atom. The van der Waals surface area contributed by atoms with Crippen LogP contribution >= 0.6 is 11.6 Å². The monoisotopic (exact) mass is 417 g/mol. The molecule has 2 N–H and O–H groups in total. The second-order valence-electron chi connectivity index (χ2n) is 7.41. The van der Waals surface area contributed by atoms with Gasteiger partial charge in [0.25, 0.3) is 10.0 Å². The van der Waals surface area contributed by atoms with Crippen molar-refractivity contribution in [2.45, 2.75) is 31.7 Å². The Morgan fingerprint density at radius 1 is 1.21 bits per heavy atom. The van der Waals surface area contributed by atoms with Gasteiger partial charge in [-0.1, -0.05) is 25.4 Å². The lowest BCUT2D eigenvalue weighted by atomic mass is 10.2. The van der Waals surface area contributed by atoms with Crippen molar-refractivity contribution >= 4 is 49.8 Å². The van der Waals surface area contributed by atoms with Crippen LogP contribution in [-0.2, 0) is 27.8 Å². The van der Waals surface area contributed by atoms with E-state index >= 15 is 0 Å². The third-order valence-electron chi connectivity index (χ3n) is 4.66. The highest BCUT2D eigenvalue weighted by atomic mass is 35.5. The summed E-state index contributed by atoms with van der Waals surface area (Å²) in [5.41, 5.74) is 2.69. The molecule has 0 bridgehead atoms. The van der Waals surface area contributed by atoms with E-state index in [9.17, 15) is 13.2 Å². The molecule has 8 heteroatoms. The van der Waals surface area contributed by atoms with Crippen molar-refractivity contribution < 1.29 is 13.2 Å². The van der Waals surface area contributed by atoms with Crippen molar-refractivity contribution in [1.82, 2.24) is 4.57 Å². The van der Waals surface area contributed by atoms with E-state index in [1.807, 2.05) is 18.3 Å². The van der Waals surface area contributed by atoms with E-state index < -0.39 is 10.0 Å². The van der Waals surface area contributed by atoms with Crippen LogP contribution in [0, 0.1) is 5.92 Å². The molecular weight excluding hydrogens is 398 g/mol. The molecule has 0 saturated carbocycles. The third kappa shape index (κ3) is 3.47. The number of fused-ring (bicyclic) bond motifs is 2. The van der Waals surface area contributed by atoms with Crippen LogP contribution in [0.25, 0.3) is 10.9 Å². The van der Waals surface area contributed by atoms with Crippen LogP contribution in [-0.4, -0.2) is 18.9 Å². The molecule has 0 aliphatic carbocycles. The first-order chi connectivity index (χ1) is 13.2. The van der Waals surface area contributed by atoms with E-state index in [0.29, 0.717) is 22.9 Å². The molecule has 6 nitrogen and oxygen atoms in total. The topological polar surface area (TPSA) is 80.2 Å². The molecule has 1 aromatic heterocycles. The van der Waals surface area contributed by atoms with Gasteiger partial charge >= 0.3 is 0 Å². The van der Waals surface area contributed by atoms with Gasteiger partial charge in [0, 0.05) is 35.0 Å². The number of hydrogen-bond acceptors (Lipinski definition) is 3. The van der Waals surface area contributed by atoms with Crippen molar-refractivity contribution in [3.8, 4) is 0 Å². The molecule has 1 aliphatic rings. The van der Waals surface area contributed by atoms with Crippen LogP contribution in [0.15, 0.2) is 47.5 Å². The van der Waals surface area contributed by atoms with E-state index in [-0.39, 0.29) is 22.2 Å². The summed E-state index contributed by atoms with van der Waals surface area (Å²) in [6.45, 7) is 5.20. The maximum absolute atomic E-state index is 12.9. The predicted octanol–water partition coefficient (Wildman–Crippen LogP) is 4.25. The van der Waals surface area contributed by atoms with Crippen molar-refractivity contribution in [1.29, 1.82) is 0 Å². The zero-order chi connectivity index (χ0) is 20.1. The Hall–Kier alpha value is -2.51. The standard InChI is InChI=1S/C20H20ClN3O3S/c1-12(2)11-24-6-5-13-7-15(3-4-18(13)24)23-28(26,27)19-8-14-9-20(25)22-17(14)10-16(19)21/h3-8,10,12,23H,9,11H2,1-2H3,(H,22,25). The molecule has 4 rings (SSSR count). The minimum absolute atomic E-state index is 0.0399. The van der Waals surface area contributed by atoms with Gasteiger partial charge in [-0.2, -0.15) is 0 Å².